The van der Waals surface area contributed by atoms with Gasteiger partial charge in [0.25, 0.3) is 5.91 Å². The highest BCUT2D eigenvalue weighted by Crippen LogP contribution is 2.32. The monoisotopic (exact) mass is 471 g/mol. The molecular formula is C25H25N7O3. The van der Waals surface area contributed by atoms with Gasteiger partial charge in [-0.3, -0.25) is 14.9 Å². The van der Waals surface area contributed by atoms with E-state index in [4.69, 9.17) is 9.47 Å². The van der Waals surface area contributed by atoms with Crippen LogP contribution in [0.3, 0.4) is 0 Å². The van der Waals surface area contributed by atoms with E-state index < -0.39 is 0 Å². The van der Waals surface area contributed by atoms with Crippen LogP contribution in [-0.2, 0) is 0 Å². The summed E-state index contributed by atoms with van der Waals surface area (Å²) in [6.45, 7) is 2.47. The quantitative estimate of drug-likeness (QED) is 0.457. The predicted octanol–water partition coefficient (Wildman–Crippen LogP) is 2.91. The Morgan fingerprint density at radius 2 is 1.80 bits per heavy atom. The lowest BCUT2D eigenvalue weighted by molar-refractivity contribution is 0.0740. The van der Waals surface area contributed by atoms with E-state index >= 15 is 0 Å². The molecule has 5 rings (SSSR count). The zero-order valence-corrected chi connectivity index (χ0v) is 19.5. The minimum Gasteiger partial charge on any atom is -0.497 e. The highest BCUT2D eigenvalue weighted by molar-refractivity contribution is 5.93. The van der Waals surface area contributed by atoms with Crippen molar-refractivity contribution >= 4 is 11.7 Å². The van der Waals surface area contributed by atoms with E-state index in [1.54, 1.807) is 32.7 Å². The van der Waals surface area contributed by atoms with E-state index in [1.807, 2.05) is 47.4 Å². The first-order valence-electron chi connectivity index (χ1n) is 11.2. The molecule has 178 valence electrons. The van der Waals surface area contributed by atoms with Gasteiger partial charge in [-0.2, -0.15) is 5.10 Å². The lowest BCUT2D eigenvalue weighted by atomic mass is 10.1. The maximum Gasteiger partial charge on any atom is 0.272 e. The molecule has 4 heterocycles. The number of ether oxygens (including phenoxy) is 2. The average Bonchev–Trinajstić information content (AvgIpc) is 3.43. The van der Waals surface area contributed by atoms with Gasteiger partial charge in [-0.05, 0) is 48.5 Å². The van der Waals surface area contributed by atoms with Gasteiger partial charge in [0.2, 0.25) is 0 Å². The number of hydrogen-bond donors (Lipinski definition) is 1. The normalized spacial score (nSPS) is 13.5. The number of nitrogens with one attached hydrogen (secondary N) is 1. The van der Waals surface area contributed by atoms with Crippen LogP contribution in [0.25, 0.3) is 22.5 Å². The number of carbonyl (C=O) groups is 1. The fraction of sp³-hybridized carbons (Fsp3) is 0.240. The number of methoxy groups -OCH3 is 2. The number of benzene rings is 1. The number of aromatic nitrogens is 5. The molecule has 10 heteroatoms. The third kappa shape index (κ3) is 4.63. The molecular weight excluding hydrogens is 446 g/mol. The Hall–Kier alpha value is -4.47. The number of aromatic amines is 1. The van der Waals surface area contributed by atoms with Gasteiger partial charge in [-0.25, -0.2) is 0 Å². The smallest absolute Gasteiger partial charge is 0.272 e. The molecule has 35 heavy (non-hydrogen) atoms. The van der Waals surface area contributed by atoms with Gasteiger partial charge in [0.15, 0.2) is 5.82 Å². The molecule has 0 unspecified atom stereocenters. The van der Waals surface area contributed by atoms with Gasteiger partial charge < -0.3 is 19.3 Å². The number of piperazine rings is 1. The van der Waals surface area contributed by atoms with Crippen LogP contribution < -0.4 is 14.4 Å². The summed E-state index contributed by atoms with van der Waals surface area (Å²) < 4.78 is 10.8. The van der Waals surface area contributed by atoms with Crippen molar-refractivity contribution in [2.75, 3.05) is 45.3 Å². The molecule has 0 aliphatic carbocycles. The summed E-state index contributed by atoms with van der Waals surface area (Å²) in [4.78, 5) is 21.2. The van der Waals surface area contributed by atoms with E-state index in [0.717, 1.165) is 22.6 Å². The summed E-state index contributed by atoms with van der Waals surface area (Å²) in [5, 5.41) is 15.9. The molecule has 1 saturated heterocycles. The van der Waals surface area contributed by atoms with Crippen molar-refractivity contribution in [3.05, 3.63) is 66.6 Å². The summed E-state index contributed by atoms with van der Waals surface area (Å²) in [5.74, 6) is 2.03. The zero-order chi connectivity index (χ0) is 24.2. The number of H-pyrrole nitrogens is 1. The van der Waals surface area contributed by atoms with Crippen LogP contribution in [0.2, 0.25) is 0 Å². The average molecular weight is 472 g/mol. The van der Waals surface area contributed by atoms with Gasteiger partial charge >= 0.3 is 0 Å². The van der Waals surface area contributed by atoms with Crippen molar-refractivity contribution in [1.29, 1.82) is 0 Å². The number of carbonyl (C=O) groups excluding carboxylic acids is 1. The predicted molar refractivity (Wildman–Crippen MR) is 131 cm³/mol. The van der Waals surface area contributed by atoms with E-state index in [2.05, 4.69) is 30.3 Å². The lowest BCUT2D eigenvalue weighted by Crippen LogP contribution is -2.49. The molecule has 0 spiro atoms. The molecule has 1 aliphatic heterocycles. The molecule has 4 aromatic rings. The Balaban J connectivity index is 1.24. The molecule has 1 amide bonds. The topological polar surface area (TPSA) is 109 Å². The lowest BCUT2D eigenvalue weighted by Gasteiger charge is -2.34. The van der Waals surface area contributed by atoms with Crippen molar-refractivity contribution in [1.82, 2.24) is 30.3 Å². The fourth-order valence-electron chi connectivity index (χ4n) is 4.05. The summed E-state index contributed by atoms with van der Waals surface area (Å²) >= 11 is 0. The number of pyridine rings is 1. The number of amides is 1. The minimum absolute atomic E-state index is 0.0942. The highest BCUT2D eigenvalue weighted by atomic mass is 16.5. The summed E-state index contributed by atoms with van der Waals surface area (Å²) in [6.07, 6.45) is 3.49. The third-order valence-electron chi connectivity index (χ3n) is 5.99. The van der Waals surface area contributed by atoms with Crippen molar-refractivity contribution < 1.29 is 14.3 Å². The molecule has 3 aromatic heterocycles. The highest BCUT2D eigenvalue weighted by Gasteiger charge is 2.25. The first kappa shape index (κ1) is 22.3. The Labute approximate surface area is 202 Å². The zero-order valence-electron chi connectivity index (χ0n) is 19.5. The van der Waals surface area contributed by atoms with Crippen LogP contribution >= 0.6 is 0 Å². The Bertz CT molecular complexity index is 1300. The maximum absolute atomic E-state index is 13.1. The molecule has 1 aromatic carbocycles. The third-order valence-corrected chi connectivity index (χ3v) is 5.99. The molecule has 1 aliphatic rings. The van der Waals surface area contributed by atoms with E-state index in [0.29, 0.717) is 49.1 Å². The van der Waals surface area contributed by atoms with Crippen LogP contribution in [0.1, 0.15) is 10.5 Å². The molecule has 0 atom stereocenters. The van der Waals surface area contributed by atoms with Crippen LogP contribution in [-0.4, -0.2) is 76.6 Å². The van der Waals surface area contributed by atoms with Gasteiger partial charge in [0, 0.05) is 49.7 Å². The van der Waals surface area contributed by atoms with Gasteiger partial charge in [0.1, 0.15) is 17.2 Å². The van der Waals surface area contributed by atoms with Crippen molar-refractivity contribution in [3.63, 3.8) is 0 Å². The van der Waals surface area contributed by atoms with Crippen LogP contribution in [0, 0.1) is 0 Å². The Kier molecular flexibility index (Phi) is 6.25. The number of nitrogens with zero attached hydrogens (tertiary/aromatic N) is 6. The van der Waals surface area contributed by atoms with Crippen molar-refractivity contribution in [2.24, 2.45) is 0 Å². The summed E-state index contributed by atoms with van der Waals surface area (Å²) in [6, 6.07) is 14.9. The second kappa shape index (κ2) is 9.80. The number of rotatable bonds is 6. The second-order valence-electron chi connectivity index (χ2n) is 8.03. The molecule has 10 nitrogen and oxygen atoms in total. The maximum atomic E-state index is 13.1. The van der Waals surface area contributed by atoms with E-state index in [9.17, 15) is 4.79 Å². The SMILES string of the molecule is COc1ccc(OC)c(-c2cc(C(=O)N3CCN(c4ccc(-c5cccnc5)nn4)CC3)[nH]n2)c1. The Morgan fingerprint density at radius 3 is 2.49 bits per heavy atom. The molecule has 1 fully saturated rings. The molecule has 0 radical (unpaired) electrons. The largest absolute Gasteiger partial charge is 0.497 e. The number of anilines is 1. The molecule has 1 N–H and O–H groups in total. The van der Waals surface area contributed by atoms with E-state index in [1.165, 1.54) is 0 Å². The van der Waals surface area contributed by atoms with Crippen LogP contribution in [0.15, 0.2) is 60.9 Å². The van der Waals surface area contributed by atoms with E-state index in [-0.39, 0.29) is 5.91 Å². The van der Waals surface area contributed by atoms with Gasteiger partial charge in [-0.1, -0.05) is 0 Å². The van der Waals surface area contributed by atoms with Crippen molar-refractivity contribution in [3.8, 4) is 34.0 Å². The Morgan fingerprint density at radius 1 is 0.943 bits per heavy atom. The first-order valence-corrected chi connectivity index (χ1v) is 11.2. The summed E-state index contributed by atoms with van der Waals surface area (Å²) in [7, 11) is 3.20. The standard InChI is InChI=1S/C25H25N7O3/c1-34-18-5-7-23(35-2)19(14-18)21-15-22(29-28-21)25(33)32-12-10-31(11-13-32)24-8-6-20(27-30-24)17-4-3-9-26-16-17/h3-9,14-16H,10-13H2,1-2H3,(H,28,29). The summed E-state index contributed by atoms with van der Waals surface area (Å²) in [5.41, 5.74) is 3.50. The van der Waals surface area contributed by atoms with Crippen molar-refractivity contribution in [2.45, 2.75) is 0 Å². The number of hydrogen-bond acceptors (Lipinski definition) is 8. The first-order chi connectivity index (χ1) is 17.2. The minimum atomic E-state index is -0.0942. The molecule has 0 bridgehead atoms. The second-order valence-corrected chi connectivity index (χ2v) is 8.03. The van der Waals surface area contributed by atoms with Crippen LogP contribution in [0.5, 0.6) is 11.5 Å². The van der Waals surface area contributed by atoms with Gasteiger partial charge in [0.05, 0.1) is 25.6 Å². The fourth-order valence-corrected chi connectivity index (χ4v) is 4.05. The van der Waals surface area contributed by atoms with Gasteiger partial charge in [-0.15, -0.1) is 10.2 Å². The van der Waals surface area contributed by atoms with Crippen LogP contribution in [0.4, 0.5) is 5.82 Å². The molecule has 0 saturated carbocycles.